The summed E-state index contributed by atoms with van der Waals surface area (Å²) in [5, 5.41) is 4.77. The Labute approximate surface area is 164 Å². The number of rotatable bonds is 4. The molecule has 0 aliphatic carbocycles. The van der Waals surface area contributed by atoms with Gasteiger partial charge in [-0.2, -0.15) is 0 Å². The molecule has 5 heterocycles. The Balaban J connectivity index is 1.44. The summed E-state index contributed by atoms with van der Waals surface area (Å²) < 4.78 is 0. The molecule has 2 aromatic heterocycles. The van der Waals surface area contributed by atoms with Crippen molar-refractivity contribution in [1.29, 1.82) is 0 Å². The lowest BCUT2D eigenvalue weighted by Crippen LogP contribution is -2.42. The van der Waals surface area contributed by atoms with Crippen molar-refractivity contribution >= 4 is 33.3 Å². The minimum atomic E-state index is 0.334. The van der Waals surface area contributed by atoms with Gasteiger partial charge < -0.3 is 15.1 Å². The van der Waals surface area contributed by atoms with E-state index in [0.717, 1.165) is 69.1 Å². The molecule has 1 N–H and O–H groups in total. The maximum Gasteiger partial charge on any atom is 0.222 e. The number of aromatic nitrogens is 2. The molecule has 0 saturated carbocycles. The third kappa shape index (κ3) is 3.21. The quantitative estimate of drug-likeness (QED) is 0.877. The van der Waals surface area contributed by atoms with Gasteiger partial charge in [0.1, 0.15) is 17.0 Å². The summed E-state index contributed by atoms with van der Waals surface area (Å²) in [5.41, 5.74) is 1.46. The molecule has 0 radical (unpaired) electrons. The van der Waals surface area contributed by atoms with Crippen molar-refractivity contribution in [2.45, 2.75) is 57.5 Å². The van der Waals surface area contributed by atoms with Crippen LogP contribution in [0.25, 0.3) is 10.2 Å². The van der Waals surface area contributed by atoms with E-state index < -0.39 is 0 Å². The van der Waals surface area contributed by atoms with Crippen LogP contribution >= 0.6 is 11.3 Å². The van der Waals surface area contributed by atoms with E-state index in [1.807, 2.05) is 11.3 Å². The number of likely N-dealkylation sites (tertiary alicyclic amines) is 1. The normalized spacial score (nSPS) is 23.3. The zero-order valence-corrected chi connectivity index (χ0v) is 16.6. The molecule has 2 aromatic rings. The Morgan fingerprint density at radius 1 is 1.19 bits per heavy atom. The number of amides is 1. The second-order valence-electron chi connectivity index (χ2n) is 7.92. The lowest BCUT2D eigenvalue weighted by molar-refractivity contribution is -0.127. The first-order chi connectivity index (χ1) is 13.3. The Morgan fingerprint density at radius 2 is 2.15 bits per heavy atom. The first-order valence-electron chi connectivity index (χ1n) is 10.3. The summed E-state index contributed by atoms with van der Waals surface area (Å²) in [6.45, 7) is 4.88. The SMILES string of the molecule is O=C1CCCN1CCC1CCCCN1c1ncnc2sc3c(c12)CCNC3. The number of piperidine rings is 1. The Kier molecular flexibility index (Phi) is 4.73. The highest BCUT2D eigenvalue weighted by Gasteiger charge is 2.29. The van der Waals surface area contributed by atoms with Crippen molar-refractivity contribution < 1.29 is 4.79 Å². The summed E-state index contributed by atoms with van der Waals surface area (Å²) in [7, 11) is 0. The molecule has 0 aromatic carbocycles. The van der Waals surface area contributed by atoms with Crippen LogP contribution in [0.15, 0.2) is 6.33 Å². The second kappa shape index (κ2) is 7.36. The molecule has 5 rings (SSSR count). The van der Waals surface area contributed by atoms with Gasteiger partial charge in [0.25, 0.3) is 0 Å². The fourth-order valence-corrected chi connectivity index (χ4v) is 6.04. The van der Waals surface area contributed by atoms with Crippen molar-refractivity contribution in [3.8, 4) is 0 Å². The first-order valence-corrected chi connectivity index (χ1v) is 11.1. The predicted molar refractivity (Wildman–Crippen MR) is 108 cm³/mol. The Hall–Kier alpha value is -1.73. The van der Waals surface area contributed by atoms with Crippen molar-refractivity contribution in [3.63, 3.8) is 0 Å². The van der Waals surface area contributed by atoms with Gasteiger partial charge in [0.2, 0.25) is 5.91 Å². The van der Waals surface area contributed by atoms with Crippen LogP contribution in [-0.2, 0) is 17.8 Å². The van der Waals surface area contributed by atoms with Crippen LogP contribution < -0.4 is 10.2 Å². The van der Waals surface area contributed by atoms with E-state index in [1.54, 1.807) is 6.33 Å². The van der Waals surface area contributed by atoms with E-state index in [-0.39, 0.29) is 0 Å². The molecule has 27 heavy (non-hydrogen) atoms. The van der Waals surface area contributed by atoms with Crippen LogP contribution in [0, 0.1) is 0 Å². The molecule has 7 heteroatoms. The molecule has 2 saturated heterocycles. The van der Waals surface area contributed by atoms with Gasteiger partial charge in [-0.1, -0.05) is 0 Å². The molecule has 1 atom stereocenters. The number of thiophene rings is 1. The number of nitrogens with zero attached hydrogens (tertiary/aromatic N) is 4. The van der Waals surface area contributed by atoms with Crippen molar-refractivity contribution in [2.75, 3.05) is 31.1 Å². The fraction of sp³-hybridized carbons (Fsp3) is 0.650. The maximum atomic E-state index is 12.0. The Bertz CT molecular complexity index is 850. The molecule has 6 nitrogen and oxygen atoms in total. The molecular formula is C20H27N5OS. The average Bonchev–Trinajstić information content (AvgIpc) is 3.29. The van der Waals surface area contributed by atoms with Gasteiger partial charge in [-0.05, 0) is 50.6 Å². The van der Waals surface area contributed by atoms with E-state index in [2.05, 4.69) is 20.1 Å². The van der Waals surface area contributed by atoms with E-state index in [9.17, 15) is 4.79 Å². The van der Waals surface area contributed by atoms with Crippen LogP contribution in [0.2, 0.25) is 0 Å². The summed E-state index contributed by atoms with van der Waals surface area (Å²) in [5.74, 6) is 1.47. The number of hydrogen-bond donors (Lipinski definition) is 1. The molecule has 0 spiro atoms. The van der Waals surface area contributed by atoms with Crippen LogP contribution in [0.4, 0.5) is 5.82 Å². The third-order valence-corrected chi connectivity index (χ3v) is 7.43. The largest absolute Gasteiger partial charge is 0.353 e. The fourth-order valence-electron chi connectivity index (χ4n) is 4.88. The highest BCUT2D eigenvalue weighted by Crippen LogP contribution is 2.39. The molecule has 1 unspecified atom stereocenters. The predicted octanol–water partition coefficient (Wildman–Crippen LogP) is 2.71. The van der Waals surface area contributed by atoms with E-state index in [4.69, 9.17) is 4.98 Å². The van der Waals surface area contributed by atoms with Crippen molar-refractivity contribution in [3.05, 3.63) is 16.8 Å². The zero-order chi connectivity index (χ0) is 18.2. The van der Waals surface area contributed by atoms with Gasteiger partial charge in [0.05, 0.1) is 5.39 Å². The minimum absolute atomic E-state index is 0.334. The molecule has 0 bridgehead atoms. The summed E-state index contributed by atoms with van der Waals surface area (Å²) in [6.07, 6.45) is 9.30. The van der Waals surface area contributed by atoms with Gasteiger partial charge >= 0.3 is 0 Å². The molecule has 3 aliphatic rings. The van der Waals surface area contributed by atoms with Gasteiger partial charge in [0.15, 0.2) is 0 Å². The average molecular weight is 386 g/mol. The van der Waals surface area contributed by atoms with Gasteiger partial charge in [0, 0.05) is 43.5 Å². The number of anilines is 1. The summed E-state index contributed by atoms with van der Waals surface area (Å²) >= 11 is 1.82. The maximum absolute atomic E-state index is 12.0. The Morgan fingerprint density at radius 3 is 3.04 bits per heavy atom. The van der Waals surface area contributed by atoms with Crippen LogP contribution in [0.3, 0.4) is 0 Å². The number of fused-ring (bicyclic) bond motifs is 3. The number of carbonyl (C=O) groups excluding carboxylic acids is 1. The molecule has 3 aliphatic heterocycles. The van der Waals surface area contributed by atoms with Crippen molar-refractivity contribution in [1.82, 2.24) is 20.2 Å². The van der Waals surface area contributed by atoms with Crippen LogP contribution in [0.1, 0.15) is 49.0 Å². The van der Waals surface area contributed by atoms with Gasteiger partial charge in [-0.15, -0.1) is 11.3 Å². The topological polar surface area (TPSA) is 61.4 Å². The lowest BCUT2D eigenvalue weighted by Gasteiger charge is -2.38. The van der Waals surface area contributed by atoms with Crippen LogP contribution in [-0.4, -0.2) is 53.0 Å². The standard InChI is InChI=1S/C20H27N5OS/c26-17-5-3-9-24(17)11-7-14-4-1-2-10-25(14)19-18-15-6-8-21-12-16(15)27-20(18)23-13-22-19/h13-14,21H,1-12H2. The molecule has 1 amide bonds. The summed E-state index contributed by atoms with van der Waals surface area (Å²) in [4.78, 5) is 28.5. The molecule has 144 valence electrons. The monoisotopic (exact) mass is 385 g/mol. The van der Waals surface area contributed by atoms with Gasteiger partial charge in [-0.3, -0.25) is 4.79 Å². The number of carbonyl (C=O) groups is 1. The first kappa shape index (κ1) is 17.4. The van der Waals surface area contributed by atoms with Gasteiger partial charge in [-0.25, -0.2) is 9.97 Å². The molecular weight excluding hydrogens is 358 g/mol. The summed E-state index contributed by atoms with van der Waals surface area (Å²) in [6, 6.07) is 0.475. The zero-order valence-electron chi connectivity index (χ0n) is 15.7. The number of hydrogen-bond acceptors (Lipinski definition) is 6. The highest BCUT2D eigenvalue weighted by atomic mass is 32.1. The van der Waals surface area contributed by atoms with Crippen LogP contribution in [0.5, 0.6) is 0 Å². The van der Waals surface area contributed by atoms with E-state index in [0.29, 0.717) is 11.9 Å². The highest BCUT2D eigenvalue weighted by molar-refractivity contribution is 7.19. The lowest BCUT2D eigenvalue weighted by atomic mass is 9.98. The second-order valence-corrected chi connectivity index (χ2v) is 9.01. The molecule has 2 fully saturated rings. The number of nitrogens with one attached hydrogen (secondary N) is 1. The van der Waals surface area contributed by atoms with E-state index in [1.165, 1.54) is 35.1 Å². The smallest absolute Gasteiger partial charge is 0.222 e. The third-order valence-electron chi connectivity index (χ3n) is 6.29. The van der Waals surface area contributed by atoms with E-state index >= 15 is 0 Å². The minimum Gasteiger partial charge on any atom is -0.353 e. The van der Waals surface area contributed by atoms with Crippen molar-refractivity contribution in [2.24, 2.45) is 0 Å².